The van der Waals surface area contributed by atoms with Crippen LogP contribution in [0.15, 0.2) is 5.38 Å². The first-order chi connectivity index (χ1) is 7.95. The Morgan fingerprint density at radius 3 is 2.41 bits per heavy atom. The summed E-state index contributed by atoms with van der Waals surface area (Å²) in [5.41, 5.74) is -0.550. The van der Waals surface area contributed by atoms with Crippen LogP contribution in [0.25, 0.3) is 10.9 Å². The lowest BCUT2D eigenvalue weighted by molar-refractivity contribution is -0.387. The largest absolute Gasteiger partial charge is 0.301 e. The average Bonchev–Trinajstić information content (AvgIpc) is 2.66. The van der Waals surface area contributed by atoms with Gasteiger partial charge in [0.15, 0.2) is 5.52 Å². The van der Waals surface area contributed by atoms with Crippen molar-refractivity contribution in [2.75, 3.05) is 0 Å². The molecule has 0 aliphatic heterocycles. The number of hydrogen-bond donors (Lipinski definition) is 0. The van der Waals surface area contributed by atoms with Crippen LogP contribution in [0.3, 0.4) is 0 Å². The van der Waals surface area contributed by atoms with Gasteiger partial charge in [-0.05, 0) is 18.5 Å². The molecule has 0 saturated heterocycles. The van der Waals surface area contributed by atoms with E-state index in [4.69, 9.17) is 11.6 Å². The summed E-state index contributed by atoms with van der Waals surface area (Å²) in [7, 11) is 0. The first-order valence-electron chi connectivity index (χ1n) is 4.30. The molecule has 9 heteroatoms. The molecule has 2 aromatic rings. The van der Waals surface area contributed by atoms with Crippen LogP contribution in [0.2, 0.25) is 5.02 Å². The quantitative estimate of drug-likeness (QED) is 0.618. The van der Waals surface area contributed by atoms with Gasteiger partial charge in [0.1, 0.15) is 5.02 Å². The van der Waals surface area contributed by atoms with Crippen molar-refractivity contribution in [3.8, 4) is 0 Å². The molecule has 0 saturated carbocycles. The molecule has 1 aromatic carbocycles. The first kappa shape index (κ1) is 11.7. The third-order valence-electron chi connectivity index (χ3n) is 2.31. The second-order valence-electron chi connectivity index (χ2n) is 3.23. The predicted molar refractivity (Wildman–Crippen MR) is 62.7 cm³/mol. The van der Waals surface area contributed by atoms with Gasteiger partial charge in [0.05, 0.1) is 20.8 Å². The van der Waals surface area contributed by atoms with Gasteiger partial charge < -0.3 is 0 Å². The van der Waals surface area contributed by atoms with E-state index in [1.165, 1.54) is 12.3 Å². The third-order valence-corrected chi connectivity index (χ3v) is 3.40. The number of rotatable bonds is 2. The Labute approximate surface area is 103 Å². The van der Waals surface area contributed by atoms with E-state index in [-0.39, 0.29) is 32.9 Å². The van der Waals surface area contributed by atoms with Crippen LogP contribution < -0.4 is 0 Å². The van der Waals surface area contributed by atoms with E-state index in [0.29, 0.717) is 0 Å². The van der Waals surface area contributed by atoms with Gasteiger partial charge in [0.25, 0.3) is 5.69 Å². The maximum Gasteiger partial charge on any atom is 0.301 e. The Kier molecular flexibility index (Phi) is 2.68. The molecule has 0 spiro atoms. The Morgan fingerprint density at radius 2 is 1.88 bits per heavy atom. The molecular weight excluding hydrogens is 270 g/mol. The Bertz CT molecular complexity index is 600. The zero-order valence-electron chi connectivity index (χ0n) is 8.34. The summed E-state index contributed by atoms with van der Waals surface area (Å²) >= 11 is 6.72. The van der Waals surface area contributed by atoms with Gasteiger partial charge in [-0.25, -0.2) is 0 Å². The number of hydrogen-bond acceptors (Lipinski definition) is 6. The summed E-state index contributed by atoms with van der Waals surface area (Å²) in [6, 6.07) is 0. The minimum atomic E-state index is -0.657. The standard InChI is InChI=1S/C8H4ClN3O4S/c1-3-5(9)8(12(15)16)4-2-17-10-6(4)7(3)11(13)14/h2H,1H3. The van der Waals surface area contributed by atoms with E-state index < -0.39 is 9.85 Å². The van der Waals surface area contributed by atoms with Crippen LogP contribution in [-0.2, 0) is 0 Å². The monoisotopic (exact) mass is 273 g/mol. The summed E-state index contributed by atoms with van der Waals surface area (Å²) < 4.78 is 3.82. The van der Waals surface area contributed by atoms with E-state index in [1.54, 1.807) is 0 Å². The molecule has 1 aromatic heterocycles. The molecule has 0 bridgehead atoms. The van der Waals surface area contributed by atoms with Gasteiger partial charge in [-0.2, -0.15) is 4.37 Å². The highest BCUT2D eigenvalue weighted by Gasteiger charge is 2.30. The van der Waals surface area contributed by atoms with Crippen LogP contribution in [0.5, 0.6) is 0 Å². The molecule has 17 heavy (non-hydrogen) atoms. The van der Waals surface area contributed by atoms with Gasteiger partial charge in [-0.3, -0.25) is 20.2 Å². The molecule has 0 radical (unpaired) electrons. The second-order valence-corrected chi connectivity index (χ2v) is 4.23. The van der Waals surface area contributed by atoms with Crippen molar-refractivity contribution in [2.45, 2.75) is 6.92 Å². The van der Waals surface area contributed by atoms with Crippen molar-refractivity contribution in [3.63, 3.8) is 0 Å². The molecule has 7 nitrogen and oxygen atoms in total. The fraction of sp³-hybridized carbons (Fsp3) is 0.125. The van der Waals surface area contributed by atoms with Crippen LogP contribution in [-0.4, -0.2) is 14.2 Å². The number of nitrogens with zero attached hydrogens (tertiary/aromatic N) is 3. The minimum absolute atomic E-state index is 0.00796. The molecular formula is C8H4ClN3O4S. The topological polar surface area (TPSA) is 99.2 Å². The van der Waals surface area contributed by atoms with Crippen molar-refractivity contribution in [3.05, 3.63) is 36.2 Å². The summed E-state index contributed by atoms with van der Waals surface area (Å²) in [5.74, 6) is 0. The van der Waals surface area contributed by atoms with Crippen LogP contribution in [0.1, 0.15) is 5.56 Å². The summed E-state index contributed by atoms with van der Waals surface area (Å²) in [6.45, 7) is 1.37. The lowest BCUT2D eigenvalue weighted by Crippen LogP contribution is -1.98. The fourth-order valence-electron chi connectivity index (χ4n) is 1.55. The SMILES string of the molecule is Cc1c(Cl)c([N+](=O)[O-])c2csnc2c1[N+](=O)[O-]. The minimum Gasteiger partial charge on any atom is -0.258 e. The summed E-state index contributed by atoms with van der Waals surface area (Å²) in [4.78, 5) is 20.5. The Morgan fingerprint density at radius 1 is 1.29 bits per heavy atom. The van der Waals surface area contributed by atoms with Gasteiger partial charge in [0.2, 0.25) is 0 Å². The van der Waals surface area contributed by atoms with Crippen molar-refractivity contribution >= 4 is 45.4 Å². The summed E-state index contributed by atoms with van der Waals surface area (Å²) in [6.07, 6.45) is 0. The average molecular weight is 274 g/mol. The number of nitro groups is 2. The predicted octanol–water partition coefficient (Wildman–Crippen LogP) is 3.07. The normalized spacial score (nSPS) is 10.7. The molecule has 2 rings (SSSR count). The third kappa shape index (κ3) is 1.61. The highest BCUT2D eigenvalue weighted by atomic mass is 35.5. The molecule has 0 unspecified atom stereocenters. The van der Waals surface area contributed by atoms with Gasteiger partial charge in [-0.1, -0.05) is 11.6 Å². The Balaban J connectivity index is 3.02. The first-order valence-corrected chi connectivity index (χ1v) is 5.51. The lowest BCUT2D eigenvalue weighted by atomic mass is 10.1. The van der Waals surface area contributed by atoms with E-state index in [2.05, 4.69) is 4.37 Å². The van der Waals surface area contributed by atoms with Crippen molar-refractivity contribution in [2.24, 2.45) is 0 Å². The Hall–Kier alpha value is -1.80. The number of nitro benzene ring substituents is 2. The zero-order chi connectivity index (χ0) is 12.7. The highest BCUT2D eigenvalue weighted by molar-refractivity contribution is 7.05. The molecule has 1 heterocycles. The molecule has 0 atom stereocenters. The van der Waals surface area contributed by atoms with E-state index >= 15 is 0 Å². The second kappa shape index (κ2) is 3.90. The van der Waals surface area contributed by atoms with Crippen molar-refractivity contribution in [1.82, 2.24) is 4.37 Å². The van der Waals surface area contributed by atoms with Crippen LogP contribution >= 0.6 is 23.1 Å². The molecule has 0 N–H and O–H groups in total. The maximum absolute atomic E-state index is 10.9. The summed E-state index contributed by atoms with van der Waals surface area (Å²) in [5, 5.41) is 23.1. The molecule has 88 valence electrons. The van der Waals surface area contributed by atoms with Gasteiger partial charge in [0, 0.05) is 5.38 Å². The van der Waals surface area contributed by atoms with Gasteiger partial charge in [-0.15, -0.1) is 0 Å². The van der Waals surface area contributed by atoms with Gasteiger partial charge >= 0.3 is 5.69 Å². The van der Waals surface area contributed by atoms with E-state index in [0.717, 1.165) is 11.5 Å². The highest BCUT2D eigenvalue weighted by Crippen LogP contribution is 2.42. The van der Waals surface area contributed by atoms with Crippen LogP contribution in [0.4, 0.5) is 11.4 Å². The molecule has 0 aliphatic rings. The lowest BCUT2D eigenvalue weighted by Gasteiger charge is -2.02. The number of benzene rings is 1. The molecule has 0 amide bonds. The van der Waals surface area contributed by atoms with E-state index in [1.807, 2.05) is 0 Å². The van der Waals surface area contributed by atoms with Crippen molar-refractivity contribution < 1.29 is 9.85 Å². The fourth-order valence-corrected chi connectivity index (χ4v) is 2.49. The number of aromatic nitrogens is 1. The van der Waals surface area contributed by atoms with Crippen molar-refractivity contribution in [1.29, 1.82) is 0 Å². The number of fused-ring (bicyclic) bond motifs is 1. The molecule has 0 aliphatic carbocycles. The molecule has 0 fully saturated rings. The van der Waals surface area contributed by atoms with E-state index in [9.17, 15) is 20.2 Å². The zero-order valence-corrected chi connectivity index (χ0v) is 9.91. The smallest absolute Gasteiger partial charge is 0.258 e. The maximum atomic E-state index is 10.9. The van der Waals surface area contributed by atoms with Crippen LogP contribution in [0, 0.1) is 27.2 Å². The number of halogens is 1.